The number of unbranched alkanes of at least 4 members (excludes halogenated alkanes) is 2. The van der Waals surface area contributed by atoms with Crippen molar-refractivity contribution in [2.24, 2.45) is 0 Å². The Morgan fingerprint density at radius 1 is 1.09 bits per heavy atom. The molecule has 0 aliphatic carbocycles. The number of aromatic hydroxyl groups is 1. The molecule has 2 aromatic carbocycles. The van der Waals surface area contributed by atoms with Crippen molar-refractivity contribution in [2.75, 3.05) is 0 Å². The lowest BCUT2D eigenvalue weighted by Gasteiger charge is -2.17. The van der Waals surface area contributed by atoms with E-state index in [1.54, 1.807) is 0 Å². The average Bonchev–Trinajstić information content (AvgIpc) is 2.78. The largest absolute Gasteiger partial charge is 0.507 e. The van der Waals surface area contributed by atoms with Gasteiger partial charge in [-0.1, -0.05) is 73.4 Å². The van der Waals surface area contributed by atoms with Crippen LogP contribution in [0.15, 0.2) is 53.6 Å². The van der Waals surface area contributed by atoms with Crippen LogP contribution < -0.4 is 10.6 Å². The van der Waals surface area contributed by atoms with Crippen LogP contribution in [0, 0.1) is 6.92 Å². The highest BCUT2D eigenvalue weighted by Crippen LogP contribution is 2.32. The Morgan fingerprint density at radius 3 is 2.44 bits per heavy atom. The van der Waals surface area contributed by atoms with Gasteiger partial charge in [-0.3, -0.25) is 4.79 Å². The summed E-state index contributed by atoms with van der Waals surface area (Å²) in [6.07, 6.45) is 11.1. The highest BCUT2D eigenvalue weighted by atomic mass is 31.0. The average molecular weight is 480 g/mol. The molecule has 1 unspecified atom stereocenters. The third kappa shape index (κ3) is 8.76. The summed E-state index contributed by atoms with van der Waals surface area (Å²) in [7, 11) is 2.67. The number of rotatable bonds is 12. The van der Waals surface area contributed by atoms with E-state index in [2.05, 4.69) is 60.5 Å². The molecule has 0 bridgehead atoms. The molecule has 0 aliphatic heterocycles. The Kier molecular flexibility index (Phi) is 11.6. The zero-order valence-electron chi connectivity index (χ0n) is 21.6. The number of hydrogen-bond donors (Lipinski definition) is 2. The van der Waals surface area contributed by atoms with Crippen LogP contribution in [0.4, 0.5) is 0 Å². The highest BCUT2D eigenvalue weighted by molar-refractivity contribution is 7.27. The van der Waals surface area contributed by atoms with Crippen LogP contribution in [-0.4, -0.2) is 11.0 Å². The summed E-state index contributed by atoms with van der Waals surface area (Å²) in [4.78, 5) is 13.3. The molecule has 0 aromatic heterocycles. The van der Waals surface area contributed by atoms with Gasteiger partial charge in [-0.15, -0.1) is 9.24 Å². The second kappa shape index (κ2) is 14.1. The van der Waals surface area contributed by atoms with E-state index in [4.69, 9.17) is 0 Å². The van der Waals surface area contributed by atoms with E-state index in [0.29, 0.717) is 18.5 Å². The number of aryl methyl sites for hydroxylation is 2. The summed E-state index contributed by atoms with van der Waals surface area (Å²) < 4.78 is 0. The summed E-state index contributed by atoms with van der Waals surface area (Å²) in [6.45, 7) is 11.0. The van der Waals surface area contributed by atoms with Crippen molar-refractivity contribution in [1.82, 2.24) is 5.32 Å². The smallest absolute Gasteiger partial charge is 0.255 e. The Balaban J connectivity index is 2.28. The van der Waals surface area contributed by atoms with E-state index in [1.807, 2.05) is 31.2 Å². The van der Waals surface area contributed by atoms with E-state index in [9.17, 15) is 9.90 Å². The standard InChI is InChI=1S/C30H42NO2P/c1-6-7-8-12-25-19-23(5)27(18-13-22(4)11-9-10-21(2)3)29(32)28(25)30(33)31-20-24-14-16-26(34)17-15-24/h10,13-17,19,32H,6-9,11-12,18,20,34H2,1-5H3,(H,31,33)/b22-13+. The Bertz CT molecular complexity index is 1020. The number of hydrogen-bond acceptors (Lipinski definition) is 2. The first-order valence-corrected chi connectivity index (χ1v) is 13.1. The molecule has 34 heavy (non-hydrogen) atoms. The molecule has 4 heteroatoms. The first kappa shape index (κ1) is 27.9. The zero-order valence-corrected chi connectivity index (χ0v) is 22.8. The summed E-state index contributed by atoms with van der Waals surface area (Å²) in [5.41, 5.74) is 6.94. The van der Waals surface area contributed by atoms with Gasteiger partial charge in [0.05, 0.1) is 5.56 Å². The van der Waals surface area contributed by atoms with Crippen molar-refractivity contribution < 1.29 is 9.90 Å². The molecule has 2 rings (SSSR count). The minimum atomic E-state index is -0.204. The number of phenolic OH excluding ortho intramolecular Hbond substituents is 1. The maximum atomic E-state index is 13.3. The number of carbonyl (C=O) groups is 1. The van der Waals surface area contributed by atoms with Crippen molar-refractivity contribution >= 4 is 20.5 Å². The fourth-order valence-corrected chi connectivity index (χ4v) is 4.25. The molecule has 1 amide bonds. The number of benzene rings is 2. The van der Waals surface area contributed by atoms with Gasteiger partial charge in [-0.25, -0.2) is 0 Å². The van der Waals surface area contributed by atoms with Crippen LogP contribution in [-0.2, 0) is 19.4 Å². The molecule has 1 atom stereocenters. The maximum absolute atomic E-state index is 13.3. The molecule has 0 aliphatic rings. The number of carbonyl (C=O) groups excluding carboxylic acids is 1. The summed E-state index contributed by atoms with van der Waals surface area (Å²) in [5, 5.41) is 15.4. The molecule has 0 saturated carbocycles. The van der Waals surface area contributed by atoms with Crippen LogP contribution in [0.2, 0.25) is 0 Å². The van der Waals surface area contributed by atoms with Crippen molar-refractivity contribution in [1.29, 1.82) is 0 Å². The number of phenols is 1. The quantitative estimate of drug-likeness (QED) is 0.194. The Morgan fingerprint density at radius 2 is 1.79 bits per heavy atom. The van der Waals surface area contributed by atoms with Crippen molar-refractivity contribution in [3.63, 3.8) is 0 Å². The number of nitrogens with one attached hydrogen (secondary N) is 1. The summed E-state index contributed by atoms with van der Waals surface area (Å²) >= 11 is 0. The van der Waals surface area contributed by atoms with Gasteiger partial charge in [0.15, 0.2) is 0 Å². The lowest BCUT2D eigenvalue weighted by atomic mass is 9.91. The van der Waals surface area contributed by atoms with E-state index in [1.165, 1.54) is 11.1 Å². The number of allylic oxidation sites excluding steroid dienone is 4. The van der Waals surface area contributed by atoms with Gasteiger partial charge in [0.25, 0.3) is 5.91 Å². The van der Waals surface area contributed by atoms with Gasteiger partial charge in [-0.05, 0) is 81.8 Å². The predicted octanol–water partition coefficient (Wildman–Crippen LogP) is 7.10. The van der Waals surface area contributed by atoms with E-state index >= 15 is 0 Å². The van der Waals surface area contributed by atoms with E-state index in [0.717, 1.165) is 66.1 Å². The first-order valence-electron chi connectivity index (χ1n) is 12.5. The molecule has 2 aromatic rings. The van der Waals surface area contributed by atoms with E-state index < -0.39 is 0 Å². The first-order chi connectivity index (χ1) is 16.2. The normalized spacial score (nSPS) is 11.4. The van der Waals surface area contributed by atoms with Crippen LogP contribution in [0.5, 0.6) is 5.75 Å². The molecule has 3 nitrogen and oxygen atoms in total. The van der Waals surface area contributed by atoms with E-state index in [-0.39, 0.29) is 11.7 Å². The Labute approximate surface area is 209 Å². The second-order valence-electron chi connectivity index (χ2n) is 9.51. The van der Waals surface area contributed by atoms with Gasteiger partial charge < -0.3 is 10.4 Å². The van der Waals surface area contributed by atoms with Gasteiger partial charge in [-0.2, -0.15) is 0 Å². The van der Waals surface area contributed by atoms with Gasteiger partial charge in [0, 0.05) is 12.1 Å². The third-order valence-corrected chi connectivity index (χ3v) is 6.55. The highest BCUT2D eigenvalue weighted by Gasteiger charge is 2.21. The van der Waals surface area contributed by atoms with Crippen molar-refractivity contribution in [2.45, 2.75) is 86.1 Å². The predicted molar refractivity (Wildman–Crippen MR) is 149 cm³/mol. The Hall–Kier alpha value is -2.38. The molecular formula is C30H42NO2P. The molecule has 0 fully saturated rings. The minimum absolute atomic E-state index is 0.137. The van der Waals surface area contributed by atoms with Crippen LogP contribution in [0.25, 0.3) is 0 Å². The van der Waals surface area contributed by atoms with Gasteiger partial charge in [0.1, 0.15) is 5.75 Å². The van der Waals surface area contributed by atoms with Crippen LogP contribution >= 0.6 is 9.24 Å². The minimum Gasteiger partial charge on any atom is -0.507 e. The number of amides is 1. The summed E-state index contributed by atoms with van der Waals surface area (Å²) in [6, 6.07) is 10.1. The van der Waals surface area contributed by atoms with Crippen LogP contribution in [0.1, 0.15) is 92.4 Å². The van der Waals surface area contributed by atoms with Crippen molar-refractivity contribution in [3.05, 3.63) is 81.4 Å². The third-order valence-electron chi connectivity index (χ3n) is 6.17. The van der Waals surface area contributed by atoms with Gasteiger partial charge in [0.2, 0.25) is 0 Å². The lowest BCUT2D eigenvalue weighted by molar-refractivity contribution is 0.0947. The monoisotopic (exact) mass is 479 g/mol. The fraction of sp³-hybridized carbons (Fsp3) is 0.433. The molecule has 0 saturated heterocycles. The van der Waals surface area contributed by atoms with Crippen LogP contribution in [0.3, 0.4) is 0 Å². The lowest BCUT2D eigenvalue weighted by Crippen LogP contribution is -2.25. The molecule has 0 radical (unpaired) electrons. The van der Waals surface area contributed by atoms with Gasteiger partial charge >= 0.3 is 0 Å². The topological polar surface area (TPSA) is 49.3 Å². The SMILES string of the molecule is CCCCCc1cc(C)c(C/C=C(\C)CCC=C(C)C)c(O)c1C(=O)NCc1ccc(P)cc1. The molecule has 0 spiro atoms. The molecule has 2 N–H and O–H groups in total. The molecule has 184 valence electrons. The summed E-state index contributed by atoms with van der Waals surface area (Å²) in [5.74, 6) is -0.0675. The zero-order chi connectivity index (χ0) is 25.1. The molecular weight excluding hydrogens is 437 g/mol. The maximum Gasteiger partial charge on any atom is 0.255 e. The molecule has 0 heterocycles. The second-order valence-corrected chi connectivity index (χ2v) is 10.2. The van der Waals surface area contributed by atoms with Crippen molar-refractivity contribution in [3.8, 4) is 5.75 Å². The fourth-order valence-electron chi connectivity index (χ4n) is 4.06.